The molecule has 0 spiro atoms. The molecular formula is C46H30N4O. The molecule has 0 N–H and O–H groups in total. The third-order valence-electron chi connectivity index (χ3n) is 9.45. The topological polar surface area (TPSA) is 75.6 Å². The standard InChI is InChI=1S/C46H30N4O/c47-29-30-25-37(27-38(26-30)46-49-44(34-13-6-2-7-14-34)48-45(50-46)35-15-8-3-9-16-35)39-17-10-18-42-43(39)40-28-36(23-24-41(40)51-42)33-21-19-32(20-22-33)31-11-4-1-5-12-31/h1-15,17-28,35H,16H2. The Balaban J connectivity index is 1.17. The maximum Gasteiger partial charge on any atom is 0.163 e. The van der Waals surface area contributed by atoms with Crippen LogP contribution in [0.5, 0.6) is 0 Å². The minimum Gasteiger partial charge on any atom is -0.456 e. The van der Waals surface area contributed by atoms with Crippen molar-refractivity contribution in [3.63, 3.8) is 0 Å². The first kappa shape index (κ1) is 30.2. The van der Waals surface area contributed by atoms with Crippen molar-refractivity contribution < 1.29 is 4.42 Å². The summed E-state index contributed by atoms with van der Waals surface area (Å²) in [7, 11) is 0. The second-order valence-electron chi connectivity index (χ2n) is 12.7. The Labute approximate surface area is 295 Å². The number of hydrogen-bond acceptors (Lipinski definition) is 5. The fourth-order valence-electron chi connectivity index (χ4n) is 6.89. The normalized spacial score (nSPS) is 13.8. The quantitative estimate of drug-likeness (QED) is 0.178. The van der Waals surface area contributed by atoms with Crippen LogP contribution in [0.15, 0.2) is 168 Å². The molecule has 0 radical (unpaired) electrons. The summed E-state index contributed by atoms with van der Waals surface area (Å²) in [5.74, 6) is 1.88. The number of aromatic nitrogens is 3. The molecule has 5 nitrogen and oxygen atoms in total. The highest BCUT2D eigenvalue weighted by Crippen LogP contribution is 2.40. The summed E-state index contributed by atoms with van der Waals surface area (Å²) in [4.78, 5) is 14.9. The highest BCUT2D eigenvalue weighted by Gasteiger charge is 2.19. The third kappa shape index (κ3) is 5.79. The molecule has 1 atom stereocenters. The van der Waals surface area contributed by atoms with E-state index in [2.05, 4.69) is 91.0 Å². The van der Waals surface area contributed by atoms with Crippen molar-refractivity contribution in [2.75, 3.05) is 0 Å². The van der Waals surface area contributed by atoms with Crippen molar-refractivity contribution in [2.45, 2.75) is 12.3 Å². The van der Waals surface area contributed by atoms with E-state index in [1.165, 1.54) is 11.1 Å². The largest absolute Gasteiger partial charge is 0.456 e. The maximum atomic E-state index is 10.2. The number of allylic oxidation sites excluding steroid dienone is 4. The first-order valence-corrected chi connectivity index (χ1v) is 17.0. The lowest BCUT2D eigenvalue weighted by molar-refractivity contribution is 0.669. The van der Waals surface area contributed by atoms with Crippen LogP contribution in [0, 0.1) is 11.3 Å². The number of benzene rings is 6. The zero-order chi connectivity index (χ0) is 34.1. The molecule has 1 unspecified atom stereocenters. The van der Waals surface area contributed by atoms with Crippen molar-refractivity contribution in [1.29, 1.82) is 5.26 Å². The van der Waals surface area contributed by atoms with Crippen molar-refractivity contribution in [2.24, 2.45) is 0 Å². The second kappa shape index (κ2) is 12.9. The Hall–Kier alpha value is -6.90. The molecule has 0 saturated carbocycles. The van der Waals surface area contributed by atoms with Gasteiger partial charge in [0.1, 0.15) is 17.0 Å². The van der Waals surface area contributed by atoms with Gasteiger partial charge in [-0.1, -0.05) is 127 Å². The lowest BCUT2D eigenvalue weighted by Crippen LogP contribution is -2.08. The van der Waals surface area contributed by atoms with Crippen molar-refractivity contribution in [3.05, 3.63) is 175 Å². The first-order valence-electron chi connectivity index (χ1n) is 17.0. The number of nitriles is 1. The summed E-state index contributed by atoms with van der Waals surface area (Å²) >= 11 is 0. The monoisotopic (exact) mass is 654 g/mol. The fourth-order valence-corrected chi connectivity index (χ4v) is 6.89. The zero-order valence-electron chi connectivity index (χ0n) is 27.6. The molecular weight excluding hydrogens is 625 g/mol. The van der Waals surface area contributed by atoms with Gasteiger partial charge >= 0.3 is 0 Å². The van der Waals surface area contributed by atoms with Gasteiger partial charge < -0.3 is 4.42 Å². The van der Waals surface area contributed by atoms with E-state index in [0.29, 0.717) is 23.0 Å². The molecule has 240 valence electrons. The lowest BCUT2D eigenvalue weighted by atomic mass is 9.94. The van der Waals surface area contributed by atoms with Crippen LogP contribution >= 0.6 is 0 Å². The van der Waals surface area contributed by atoms with Gasteiger partial charge in [0.05, 0.1) is 11.6 Å². The van der Waals surface area contributed by atoms with Crippen molar-refractivity contribution >= 4 is 21.9 Å². The Kier molecular flexibility index (Phi) is 7.60. The van der Waals surface area contributed by atoms with Crippen molar-refractivity contribution in [1.82, 2.24) is 15.0 Å². The third-order valence-corrected chi connectivity index (χ3v) is 9.45. The maximum absolute atomic E-state index is 10.2. The summed E-state index contributed by atoms with van der Waals surface area (Å²) in [6.07, 6.45) is 9.15. The summed E-state index contributed by atoms with van der Waals surface area (Å²) in [6.45, 7) is 0. The van der Waals surface area contributed by atoms with E-state index in [1.54, 1.807) is 0 Å². The number of rotatable bonds is 6. The summed E-state index contributed by atoms with van der Waals surface area (Å²) in [5.41, 5.74) is 10.2. The van der Waals surface area contributed by atoms with Crippen LogP contribution in [-0.2, 0) is 0 Å². The number of nitrogens with zero attached hydrogens (tertiary/aromatic N) is 4. The van der Waals surface area contributed by atoms with E-state index in [-0.39, 0.29) is 5.92 Å². The zero-order valence-corrected chi connectivity index (χ0v) is 27.6. The van der Waals surface area contributed by atoms with Gasteiger partial charge in [0.15, 0.2) is 11.6 Å². The molecule has 1 aliphatic carbocycles. The van der Waals surface area contributed by atoms with Gasteiger partial charge in [0, 0.05) is 27.8 Å². The fraction of sp³-hybridized carbons (Fsp3) is 0.0435. The SMILES string of the molecule is N#Cc1cc(-c2nc(-c3ccccc3)nc(C3C=CC=CC3)n2)cc(-c2cccc3oc4ccc(-c5ccc(-c6ccccc6)cc5)cc4c23)c1. The lowest BCUT2D eigenvalue weighted by Gasteiger charge is -2.15. The Morgan fingerprint density at radius 1 is 0.549 bits per heavy atom. The molecule has 0 saturated heterocycles. The van der Waals surface area contributed by atoms with Gasteiger partial charge in [-0.3, -0.25) is 0 Å². The molecule has 0 bridgehead atoms. The molecule has 2 aromatic heterocycles. The van der Waals surface area contributed by atoms with Crippen LogP contribution in [0.25, 0.3) is 78.1 Å². The van der Waals surface area contributed by atoms with Gasteiger partial charge in [0.2, 0.25) is 0 Å². The van der Waals surface area contributed by atoms with E-state index in [1.807, 2.05) is 78.9 Å². The minimum absolute atomic E-state index is 0.0348. The average molecular weight is 655 g/mol. The van der Waals surface area contributed by atoms with Gasteiger partial charge in [-0.2, -0.15) is 5.26 Å². The molecule has 2 heterocycles. The van der Waals surface area contributed by atoms with Gasteiger partial charge in [-0.05, 0) is 76.2 Å². The van der Waals surface area contributed by atoms with Crippen molar-refractivity contribution in [3.8, 4) is 62.2 Å². The van der Waals surface area contributed by atoms with Gasteiger partial charge in [-0.25, -0.2) is 15.0 Å². The van der Waals surface area contributed by atoms with E-state index < -0.39 is 0 Å². The molecule has 8 aromatic rings. The summed E-state index contributed by atoms with van der Waals surface area (Å²) in [5, 5.41) is 12.2. The van der Waals surface area contributed by atoms with Crippen LogP contribution < -0.4 is 0 Å². The highest BCUT2D eigenvalue weighted by molar-refractivity contribution is 6.13. The summed E-state index contributed by atoms with van der Waals surface area (Å²) in [6, 6.07) is 49.7. The molecule has 9 rings (SSSR count). The molecule has 0 aliphatic heterocycles. The van der Waals surface area contributed by atoms with E-state index in [9.17, 15) is 5.26 Å². The molecule has 1 aliphatic rings. The molecule has 5 heteroatoms. The Bertz CT molecular complexity index is 2670. The Morgan fingerprint density at radius 2 is 1.22 bits per heavy atom. The van der Waals surface area contributed by atoms with Gasteiger partial charge in [0.25, 0.3) is 0 Å². The Morgan fingerprint density at radius 3 is 1.94 bits per heavy atom. The smallest absolute Gasteiger partial charge is 0.163 e. The highest BCUT2D eigenvalue weighted by atomic mass is 16.3. The number of fused-ring (bicyclic) bond motifs is 3. The van der Waals surface area contributed by atoms with E-state index in [4.69, 9.17) is 19.4 Å². The molecule has 51 heavy (non-hydrogen) atoms. The average Bonchev–Trinajstić information content (AvgIpc) is 3.60. The van der Waals surface area contributed by atoms with Crippen LogP contribution in [0.2, 0.25) is 0 Å². The first-order chi connectivity index (χ1) is 25.2. The summed E-state index contributed by atoms with van der Waals surface area (Å²) < 4.78 is 6.39. The van der Waals surface area contributed by atoms with Crippen LogP contribution in [0.1, 0.15) is 23.7 Å². The predicted molar refractivity (Wildman–Crippen MR) is 205 cm³/mol. The van der Waals surface area contributed by atoms with Crippen LogP contribution in [-0.4, -0.2) is 15.0 Å². The molecule has 6 aromatic carbocycles. The predicted octanol–water partition coefficient (Wildman–Crippen LogP) is 11.6. The van der Waals surface area contributed by atoms with E-state index in [0.717, 1.165) is 61.7 Å². The van der Waals surface area contributed by atoms with Gasteiger partial charge in [-0.15, -0.1) is 0 Å². The van der Waals surface area contributed by atoms with E-state index >= 15 is 0 Å². The van der Waals surface area contributed by atoms with Crippen LogP contribution in [0.4, 0.5) is 0 Å². The number of furan rings is 1. The van der Waals surface area contributed by atoms with Crippen LogP contribution in [0.3, 0.4) is 0 Å². The number of hydrogen-bond donors (Lipinski definition) is 0. The minimum atomic E-state index is 0.0348. The molecule has 0 fully saturated rings. The second-order valence-corrected chi connectivity index (χ2v) is 12.7. The molecule has 0 amide bonds.